The molecular formula is C12H7F2NO2. The van der Waals surface area contributed by atoms with Crippen molar-refractivity contribution in [2.75, 3.05) is 0 Å². The molecule has 0 bridgehead atoms. The van der Waals surface area contributed by atoms with Crippen LogP contribution in [0.1, 0.15) is 10.5 Å². The van der Waals surface area contributed by atoms with Crippen molar-refractivity contribution in [1.29, 1.82) is 0 Å². The molecule has 0 aliphatic heterocycles. The molecule has 2 rings (SSSR count). The van der Waals surface area contributed by atoms with Gasteiger partial charge in [-0.1, -0.05) is 6.07 Å². The summed E-state index contributed by atoms with van der Waals surface area (Å²) < 4.78 is 26.1. The standard InChI is InChI=1S/C12H7F2NO2/c13-8-2-3-9(10(14)5-8)7-1-4-11(12(16)17)15-6-7/h1-6H,(H,16,17). The van der Waals surface area contributed by atoms with Crippen LogP contribution in [-0.4, -0.2) is 16.1 Å². The maximum absolute atomic E-state index is 13.4. The lowest BCUT2D eigenvalue weighted by Crippen LogP contribution is -1.99. The highest BCUT2D eigenvalue weighted by atomic mass is 19.1. The number of benzene rings is 1. The number of aromatic carboxylic acids is 1. The van der Waals surface area contributed by atoms with E-state index in [0.717, 1.165) is 12.1 Å². The van der Waals surface area contributed by atoms with E-state index in [-0.39, 0.29) is 11.3 Å². The maximum atomic E-state index is 13.4. The minimum absolute atomic E-state index is 0.128. The first-order valence-corrected chi connectivity index (χ1v) is 4.72. The number of carboxylic acid groups (broad SMARTS) is 1. The van der Waals surface area contributed by atoms with Crippen molar-refractivity contribution in [3.8, 4) is 11.1 Å². The number of carbonyl (C=O) groups is 1. The van der Waals surface area contributed by atoms with Crippen molar-refractivity contribution in [3.05, 3.63) is 53.9 Å². The number of carboxylic acids is 1. The summed E-state index contributed by atoms with van der Waals surface area (Å²) in [6.07, 6.45) is 1.24. The van der Waals surface area contributed by atoms with Gasteiger partial charge in [0.15, 0.2) is 0 Å². The van der Waals surface area contributed by atoms with Gasteiger partial charge in [0.25, 0.3) is 0 Å². The van der Waals surface area contributed by atoms with Crippen LogP contribution < -0.4 is 0 Å². The summed E-state index contributed by atoms with van der Waals surface area (Å²) in [5.41, 5.74) is 0.444. The van der Waals surface area contributed by atoms with E-state index in [1.807, 2.05) is 0 Å². The Bertz CT molecular complexity index is 567. The largest absolute Gasteiger partial charge is 0.477 e. The zero-order valence-electron chi connectivity index (χ0n) is 8.52. The molecule has 0 saturated carbocycles. The van der Waals surface area contributed by atoms with E-state index in [2.05, 4.69) is 4.98 Å². The van der Waals surface area contributed by atoms with E-state index in [1.165, 1.54) is 24.4 Å². The maximum Gasteiger partial charge on any atom is 0.354 e. The van der Waals surface area contributed by atoms with Crippen LogP contribution >= 0.6 is 0 Å². The Morgan fingerprint density at radius 1 is 1.18 bits per heavy atom. The summed E-state index contributed by atoms with van der Waals surface area (Å²) in [6, 6.07) is 5.86. The number of hydrogen-bond acceptors (Lipinski definition) is 2. The first kappa shape index (κ1) is 11.2. The molecule has 3 nitrogen and oxygen atoms in total. The summed E-state index contributed by atoms with van der Waals surface area (Å²) >= 11 is 0. The molecule has 0 amide bonds. The number of aromatic nitrogens is 1. The van der Waals surface area contributed by atoms with Gasteiger partial charge in [0, 0.05) is 23.4 Å². The molecular weight excluding hydrogens is 228 g/mol. The van der Waals surface area contributed by atoms with Gasteiger partial charge in [-0.3, -0.25) is 0 Å². The van der Waals surface area contributed by atoms with Crippen LogP contribution in [-0.2, 0) is 0 Å². The highest BCUT2D eigenvalue weighted by Gasteiger charge is 2.08. The lowest BCUT2D eigenvalue weighted by atomic mass is 10.1. The molecule has 1 heterocycles. The third-order valence-corrected chi connectivity index (χ3v) is 2.22. The van der Waals surface area contributed by atoms with Crippen LogP contribution in [0, 0.1) is 11.6 Å². The van der Waals surface area contributed by atoms with Crippen LogP contribution in [0.2, 0.25) is 0 Å². The Balaban J connectivity index is 2.43. The van der Waals surface area contributed by atoms with Gasteiger partial charge in [-0.25, -0.2) is 18.6 Å². The van der Waals surface area contributed by atoms with Crippen LogP contribution in [0.5, 0.6) is 0 Å². The van der Waals surface area contributed by atoms with Gasteiger partial charge < -0.3 is 5.11 Å². The Hall–Kier alpha value is -2.30. The molecule has 86 valence electrons. The fourth-order valence-corrected chi connectivity index (χ4v) is 1.40. The highest BCUT2D eigenvalue weighted by molar-refractivity contribution is 5.85. The average molecular weight is 235 g/mol. The van der Waals surface area contributed by atoms with Crippen molar-refractivity contribution in [2.45, 2.75) is 0 Å². The zero-order chi connectivity index (χ0) is 12.4. The van der Waals surface area contributed by atoms with Crippen LogP contribution in [0.3, 0.4) is 0 Å². The first-order valence-electron chi connectivity index (χ1n) is 4.72. The Morgan fingerprint density at radius 2 is 1.94 bits per heavy atom. The second-order valence-corrected chi connectivity index (χ2v) is 3.36. The number of nitrogens with zero attached hydrogens (tertiary/aromatic N) is 1. The quantitative estimate of drug-likeness (QED) is 0.870. The lowest BCUT2D eigenvalue weighted by Gasteiger charge is -2.03. The molecule has 0 aliphatic rings. The van der Waals surface area contributed by atoms with Gasteiger partial charge in [-0.05, 0) is 18.2 Å². The number of pyridine rings is 1. The second-order valence-electron chi connectivity index (χ2n) is 3.36. The van der Waals surface area contributed by atoms with E-state index in [4.69, 9.17) is 5.11 Å². The van der Waals surface area contributed by atoms with Gasteiger partial charge in [-0.2, -0.15) is 0 Å². The number of halogens is 2. The molecule has 17 heavy (non-hydrogen) atoms. The van der Waals surface area contributed by atoms with Gasteiger partial charge >= 0.3 is 5.97 Å². The fourth-order valence-electron chi connectivity index (χ4n) is 1.40. The SMILES string of the molecule is O=C(O)c1ccc(-c2ccc(F)cc2F)cn1. The minimum Gasteiger partial charge on any atom is -0.477 e. The molecule has 1 aromatic heterocycles. The van der Waals surface area contributed by atoms with Gasteiger partial charge in [-0.15, -0.1) is 0 Å². The normalized spacial score (nSPS) is 10.2. The number of hydrogen-bond donors (Lipinski definition) is 1. The monoisotopic (exact) mass is 235 g/mol. The molecule has 1 N–H and O–H groups in total. The highest BCUT2D eigenvalue weighted by Crippen LogP contribution is 2.22. The Labute approximate surface area is 95.4 Å². The summed E-state index contributed by atoms with van der Waals surface area (Å²) in [6.45, 7) is 0. The van der Waals surface area contributed by atoms with E-state index in [0.29, 0.717) is 5.56 Å². The molecule has 0 unspecified atom stereocenters. The van der Waals surface area contributed by atoms with Crippen molar-refractivity contribution in [2.24, 2.45) is 0 Å². The third-order valence-electron chi connectivity index (χ3n) is 2.22. The van der Waals surface area contributed by atoms with Crippen LogP contribution in [0.4, 0.5) is 8.78 Å². The molecule has 2 aromatic rings. The smallest absolute Gasteiger partial charge is 0.354 e. The van der Waals surface area contributed by atoms with Crippen molar-refractivity contribution in [1.82, 2.24) is 4.98 Å². The van der Waals surface area contributed by atoms with E-state index in [9.17, 15) is 13.6 Å². The summed E-state index contributed by atoms with van der Waals surface area (Å²) in [4.78, 5) is 14.2. The van der Waals surface area contributed by atoms with Gasteiger partial charge in [0.05, 0.1) is 0 Å². The third kappa shape index (κ3) is 2.28. The van der Waals surface area contributed by atoms with Crippen molar-refractivity contribution < 1.29 is 18.7 Å². The second kappa shape index (κ2) is 4.29. The number of rotatable bonds is 2. The van der Waals surface area contributed by atoms with Crippen LogP contribution in [0.25, 0.3) is 11.1 Å². The van der Waals surface area contributed by atoms with Gasteiger partial charge in [0.1, 0.15) is 17.3 Å². The molecule has 0 radical (unpaired) electrons. The first-order chi connectivity index (χ1) is 8.08. The molecule has 0 fully saturated rings. The predicted molar refractivity (Wildman–Crippen MR) is 56.5 cm³/mol. The lowest BCUT2D eigenvalue weighted by molar-refractivity contribution is 0.0690. The van der Waals surface area contributed by atoms with Crippen molar-refractivity contribution in [3.63, 3.8) is 0 Å². The van der Waals surface area contributed by atoms with Crippen molar-refractivity contribution >= 4 is 5.97 Å². The molecule has 5 heteroatoms. The fraction of sp³-hybridized carbons (Fsp3) is 0. The molecule has 0 atom stereocenters. The average Bonchev–Trinajstić information content (AvgIpc) is 2.29. The Morgan fingerprint density at radius 3 is 2.47 bits per heavy atom. The van der Waals surface area contributed by atoms with Gasteiger partial charge in [0.2, 0.25) is 0 Å². The summed E-state index contributed by atoms with van der Waals surface area (Å²) in [5, 5.41) is 8.65. The summed E-state index contributed by atoms with van der Waals surface area (Å²) in [5.74, 6) is -2.53. The Kier molecular flexibility index (Phi) is 2.82. The van der Waals surface area contributed by atoms with Crippen LogP contribution in [0.15, 0.2) is 36.5 Å². The topological polar surface area (TPSA) is 50.2 Å². The summed E-state index contributed by atoms with van der Waals surface area (Å²) in [7, 11) is 0. The van der Waals surface area contributed by atoms with E-state index >= 15 is 0 Å². The van der Waals surface area contributed by atoms with E-state index < -0.39 is 17.6 Å². The predicted octanol–water partition coefficient (Wildman–Crippen LogP) is 2.73. The molecule has 0 spiro atoms. The molecule has 1 aromatic carbocycles. The molecule has 0 aliphatic carbocycles. The molecule has 0 saturated heterocycles. The van der Waals surface area contributed by atoms with E-state index in [1.54, 1.807) is 0 Å². The zero-order valence-corrected chi connectivity index (χ0v) is 8.52. The minimum atomic E-state index is -1.16.